The van der Waals surface area contributed by atoms with Crippen molar-refractivity contribution in [3.8, 4) is 6.07 Å². The van der Waals surface area contributed by atoms with Gasteiger partial charge in [-0.15, -0.1) is 10.2 Å². The first-order valence-electron chi connectivity index (χ1n) is 11.3. The van der Waals surface area contributed by atoms with Crippen LogP contribution in [0.2, 0.25) is 10.0 Å². The molecular formula is C26H21Cl2N5OS2. The summed E-state index contributed by atoms with van der Waals surface area (Å²) in [6, 6.07) is 15.7. The average molecular weight is 555 g/mol. The Morgan fingerprint density at radius 2 is 1.97 bits per heavy atom. The number of Topliss-reactive ketones (excluding diaryl/α,β-unsaturated/α-hetero) is 1. The number of allylic oxidation sites excluding steroid dienone is 3. The van der Waals surface area contributed by atoms with Gasteiger partial charge >= 0.3 is 0 Å². The molecule has 5 rings (SSSR count). The summed E-state index contributed by atoms with van der Waals surface area (Å²) in [7, 11) is 0. The molecule has 0 unspecified atom stereocenters. The van der Waals surface area contributed by atoms with E-state index < -0.39 is 5.92 Å². The van der Waals surface area contributed by atoms with Gasteiger partial charge in [-0.3, -0.25) is 9.69 Å². The van der Waals surface area contributed by atoms with Gasteiger partial charge in [0.05, 0.1) is 17.6 Å². The Morgan fingerprint density at radius 1 is 1.19 bits per heavy atom. The second kappa shape index (κ2) is 10.3. The van der Waals surface area contributed by atoms with Gasteiger partial charge in [0.15, 0.2) is 10.1 Å². The van der Waals surface area contributed by atoms with Gasteiger partial charge in [0.1, 0.15) is 5.82 Å². The van der Waals surface area contributed by atoms with Gasteiger partial charge < -0.3 is 5.73 Å². The molecule has 0 radical (unpaired) electrons. The maximum atomic E-state index is 13.3. The molecule has 1 atom stereocenters. The number of nitrogens with zero attached hydrogens (tertiary/aromatic N) is 4. The molecule has 1 aliphatic carbocycles. The molecule has 0 saturated heterocycles. The Balaban J connectivity index is 1.53. The average Bonchev–Trinajstić information content (AvgIpc) is 3.32. The maximum Gasteiger partial charge on any atom is 0.219 e. The summed E-state index contributed by atoms with van der Waals surface area (Å²) in [5.41, 5.74) is 11.2. The zero-order valence-corrected chi connectivity index (χ0v) is 22.4. The first kappa shape index (κ1) is 24.8. The number of thioether (sulfide) groups is 1. The van der Waals surface area contributed by atoms with Gasteiger partial charge in [0, 0.05) is 33.5 Å². The Bertz CT molecular complexity index is 1460. The van der Waals surface area contributed by atoms with Crippen molar-refractivity contribution in [2.75, 3.05) is 4.90 Å². The molecule has 182 valence electrons. The number of nitriles is 1. The number of aromatic nitrogens is 2. The fraction of sp³-hybridized carbons (Fsp3) is 0.231. The van der Waals surface area contributed by atoms with Crippen molar-refractivity contribution in [3.05, 3.63) is 91.9 Å². The molecule has 36 heavy (non-hydrogen) atoms. The van der Waals surface area contributed by atoms with E-state index in [0.717, 1.165) is 15.8 Å². The molecule has 1 aliphatic heterocycles. The van der Waals surface area contributed by atoms with Crippen LogP contribution >= 0.6 is 46.3 Å². The quantitative estimate of drug-likeness (QED) is 0.349. The zero-order valence-electron chi connectivity index (χ0n) is 19.3. The molecule has 0 fully saturated rings. The second-order valence-corrected chi connectivity index (χ2v) is 11.6. The third-order valence-electron chi connectivity index (χ3n) is 6.26. The molecular weight excluding hydrogens is 533 g/mol. The van der Waals surface area contributed by atoms with Crippen LogP contribution in [0.1, 0.15) is 41.9 Å². The Labute approximate surface area is 227 Å². The number of carbonyl (C=O) groups is 1. The Hall–Kier alpha value is -2.83. The lowest BCUT2D eigenvalue weighted by molar-refractivity contribution is -0.116. The fourth-order valence-electron chi connectivity index (χ4n) is 4.53. The predicted octanol–water partition coefficient (Wildman–Crippen LogP) is 6.75. The van der Waals surface area contributed by atoms with E-state index in [1.165, 1.54) is 22.5 Å². The summed E-state index contributed by atoms with van der Waals surface area (Å²) in [5.74, 6) is 0.332. The van der Waals surface area contributed by atoms with Gasteiger partial charge in [-0.1, -0.05) is 82.2 Å². The van der Waals surface area contributed by atoms with E-state index in [9.17, 15) is 10.1 Å². The maximum absolute atomic E-state index is 13.3. The number of hydrogen-bond donors (Lipinski definition) is 1. The van der Waals surface area contributed by atoms with Crippen LogP contribution in [0.25, 0.3) is 0 Å². The van der Waals surface area contributed by atoms with Gasteiger partial charge in [-0.2, -0.15) is 5.26 Å². The zero-order chi connectivity index (χ0) is 25.4. The van der Waals surface area contributed by atoms with E-state index in [0.29, 0.717) is 45.6 Å². The largest absolute Gasteiger partial charge is 0.384 e. The van der Waals surface area contributed by atoms with Crippen LogP contribution in [0.5, 0.6) is 0 Å². The van der Waals surface area contributed by atoms with Gasteiger partial charge in [0.25, 0.3) is 0 Å². The number of anilines is 1. The number of ketones is 1. The molecule has 2 N–H and O–H groups in total. The molecule has 6 nitrogen and oxygen atoms in total. The van der Waals surface area contributed by atoms with E-state index in [1.807, 2.05) is 0 Å². The lowest BCUT2D eigenvalue weighted by Crippen LogP contribution is -2.38. The van der Waals surface area contributed by atoms with Crippen LogP contribution in [-0.4, -0.2) is 16.0 Å². The highest BCUT2D eigenvalue weighted by atomic mass is 35.5. The first-order valence-corrected chi connectivity index (χ1v) is 13.9. The third kappa shape index (κ3) is 4.64. The van der Waals surface area contributed by atoms with Crippen molar-refractivity contribution in [3.63, 3.8) is 0 Å². The molecule has 2 aliphatic rings. The molecule has 0 amide bonds. The van der Waals surface area contributed by atoms with Gasteiger partial charge in [-0.05, 0) is 43.0 Å². The van der Waals surface area contributed by atoms with Crippen LogP contribution in [-0.2, 0) is 10.5 Å². The number of aryl methyl sites for hydroxylation is 1. The molecule has 0 spiro atoms. The molecule has 10 heteroatoms. The smallest absolute Gasteiger partial charge is 0.219 e. The summed E-state index contributed by atoms with van der Waals surface area (Å²) in [5, 5.41) is 20.3. The number of carbonyl (C=O) groups excluding carboxylic acids is 1. The van der Waals surface area contributed by atoms with Crippen LogP contribution in [0.4, 0.5) is 5.13 Å². The van der Waals surface area contributed by atoms with Gasteiger partial charge in [0.2, 0.25) is 5.13 Å². The third-order valence-corrected chi connectivity index (χ3v) is 8.93. The Morgan fingerprint density at radius 3 is 2.69 bits per heavy atom. The highest BCUT2D eigenvalue weighted by Gasteiger charge is 2.42. The summed E-state index contributed by atoms with van der Waals surface area (Å²) in [6.45, 7) is 2.06. The molecule has 1 aromatic heterocycles. The number of benzene rings is 2. The number of nitrogens with two attached hydrogens (primary N) is 1. The molecule has 3 aromatic rings. The van der Waals surface area contributed by atoms with E-state index in [4.69, 9.17) is 28.9 Å². The highest BCUT2D eigenvalue weighted by molar-refractivity contribution is 8.00. The SMILES string of the molecule is Cc1ccc(CSc2nnc(N3C(N)=C(C#N)[C@@H](c4ccc(Cl)cc4Cl)C4=C3CCCC4=O)s2)cc1. The van der Waals surface area contributed by atoms with Crippen molar-refractivity contribution in [1.29, 1.82) is 5.26 Å². The van der Waals surface area contributed by atoms with E-state index in [-0.39, 0.29) is 17.2 Å². The normalized spacial score (nSPS) is 17.9. The standard InChI is InChI=1S/C26H21Cl2N5OS2/c1-14-5-7-15(8-6-14)13-35-26-32-31-25(36-26)33-20-3-2-4-21(34)23(20)22(18(12-29)24(33)30)17-10-9-16(27)11-19(17)28/h5-11,22H,2-4,13,30H2,1H3/t22-/m1/s1. The highest BCUT2D eigenvalue weighted by Crippen LogP contribution is 2.48. The monoisotopic (exact) mass is 553 g/mol. The van der Waals surface area contributed by atoms with Crippen LogP contribution in [0, 0.1) is 18.3 Å². The number of hydrogen-bond acceptors (Lipinski definition) is 8. The van der Waals surface area contributed by atoms with Gasteiger partial charge in [-0.25, -0.2) is 0 Å². The predicted molar refractivity (Wildman–Crippen MR) is 145 cm³/mol. The molecule has 0 saturated carbocycles. The van der Waals surface area contributed by atoms with E-state index in [2.05, 4.69) is 47.5 Å². The van der Waals surface area contributed by atoms with Crippen molar-refractivity contribution < 1.29 is 4.79 Å². The summed E-state index contributed by atoms with van der Waals surface area (Å²) in [6.07, 6.45) is 1.73. The van der Waals surface area contributed by atoms with Crippen molar-refractivity contribution in [2.45, 2.75) is 42.2 Å². The molecule has 0 bridgehead atoms. The first-order chi connectivity index (χ1) is 17.4. The number of halogens is 2. The van der Waals surface area contributed by atoms with Crippen LogP contribution in [0.15, 0.2) is 69.5 Å². The summed E-state index contributed by atoms with van der Waals surface area (Å²) in [4.78, 5) is 15.0. The summed E-state index contributed by atoms with van der Waals surface area (Å²) >= 11 is 15.6. The van der Waals surface area contributed by atoms with Crippen LogP contribution in [0.3, 0.4) is 0 Å². The minimum absolute atomic E-state index is 0.0176. The minimum atomic E-state index is -0.651. The number of rotatable bonds is 5. The fourth-order valence-corrected chi connectivity index (χ4v) is 6.89. The molecule has 2 aromatic carbocycles. The van der Waals surface area contributed by atoms with Crippen molar-refractivity contribution in [1.82, 2.24) is 10.2 Å². The second-order valence-electron chi connectivity index (χ2n) is 8.61. The van der Waals surface area contributed by atoms with Crippen molar-refractivity contribution >= 4 is 57.2 Å². The van der Waals surface area contributed by atoms with E-state index in [1.54, 1.807) is 34.9 Å². The molecule has 2 heterocycles. The van der Waals surface area contributed by atoms with E-state index >= 15 is 0 Å². The topological polar surface area (TPSA) is 95.9 Å². The summed E-state index contributed by atoms with van der Waals surface area (Å²) < 4.78 is 0.782. The van der Waals surface area contributed by atoms with Crippen molar-refractivity contribution in [2.24, 2.45) is 5.73 Å². The van der Waals surface area contributed by atoms with Crippen LogP contribution < -0.4 is 10.6 Å². The lowest BCUT2D eigenvalue weighted by atomic mass is 9.76. The Kier molecular flexibility index (Phi) is 7.09. The minimum Gasteiger partial charge on any atom is -0.384 e. The lowest BCUT2D eigenvalue weighted by Gasteiger charge is -2.38.